The summed E-state index contributed by atoms with van der Waals surface area (Å²) in [4.78, 5) is 24.5. The summed E-state index contributed by atoms with van der Waals surface area (Å²) in [7, 11) is 0. The fraction of sp³-hybridized carbons (Fsp3) is 0.0526. The van der Waals surface area contributed by atoms with E-state index in [9.17, 15) is 14.0 Å². The van der Waals surface area contributed by atoms with Crippen LogP contribution in [-0.4, -0.2) is 16.3 Å². The lowest BCUT2D eigenvalue weighted by molar-refractivity contribution is 0.0956. The highest BCUT2D eigenvalue weighted by molar-refractivity contribution is 6.00. The Morgan fingerprint density at radius 2 is 1.61 bits per heavy atom. The predicted molar refractivity (Wildman–Crippen MR) is 85.0 cm³/mol. The molecule has 114 valence electrons. The Bertz CT molecular complexity index is 853. The number of carbonyl (C=O) groups is 2. The minimum atomic E-state index is -0.580. The number of carbonyl (C=O) groups excluding carboxylic acids is 2. The third-order valence-corrected chi connectivity index (χ3v) is 3.56. The minimum Gasteiger partial charge on any atom is -0.294 e. The number of hydrogen-bond donors (Lipinski definition) is 0. The zero-order valence-corrected chi connectivity index (χ0v) is 12.3. The molecule has 0 radical (unpaired) electrons. The normalized spacial score (nSPS) is 10.5. The first-order chi connectivity index (χ1) is 11.1. The van der Waals surface area contributed by atoms with Gasteiger partial charge in [-0.1, -0.05) is 42.5 Å². The Balaban J connectivity index is 1.79. The van der Waals surface area contributed by atoms with E-state index in [-0.39, 0.29) is 17.8 Å². The molecule has 0 spiro atoms. The molecule has 4 heteroatoms. The van der Waals surface area contributed by atoms with Gasteiger partial charge in [-0.3, -0.25) is 14.2 Å². The van der Waals surface area contributed by atoms with Crippen LogP contribution in [0.4, 0.5) is 4.39 Å². The largest absolute Gasteiger partial charge is 0.294 e. The summed E-state index contributed by atoms with van der Waals surface area (Å²) in [6.45, 7) is 0. The molecule has 23 heavy (non-hydrogen) atoms. The second-order valence-electron chi connectivity index (χ2n) is 5.18. The molecule has 3 aromatic rings. The zero-order chi connectivity index (χ0) is 16.2. The molecule has 0 N–H and O–H groups in total. The monoisotopic (exact) mass is 307 g/mol. The second kappa shape index (κ2) is 6.40. The average Bonchev–Trinajstić information content (AvgIpc) is 3.06. The van der Waals surface area contributed by atoms with E-state index in [1.165, 1.54) is 35.2 Å². The predicted octanol–water partition coefficient (Wildman–Crippen LogP) is 3.74. The van der Waals surface area contributed by atoms with Crippen LogP contribution in [0.25, 0.3) is 0 Å². The first kappa shape index (κ1) is 14.9. The number of halogens is 1. The van der Waals surface area contributed by atoms with Gasteiger partial charge in [-0.15, -0.1) is 0 Å². The van der Waals surface area contributed by atoms with Crippen molar-refractivity contribution in [3.63, 3.8) is 0 Å². The molecule has 0 aliphatic carbocycles. The van der Waals surface area contributed by atoms with Crippen LogP contribution in [0, 0.1) is 5.82 Å². The molecule has 1 heterocycles. The van der Waals surface area contributed by atoms with Crippen LogP contribution in [0.1, 0.15) is 26.3 Å². The molecule has 1 aromatic heterocycles. The quantitative estimate of drug-likeness (QED) is 0.689. The van der Waals surface area contributed by atoms with Gasteiger partial charge in [0.15, 0.2) is 5.78 Å². The molecule has 0 bridgehead atoms. The molecule has 0 saturated carbocycles. The summed E-state index contributed by atoms with van der Waals surface area (Å²) >= 11 is 0. The topological polar surface area (TPSA) is 39.1 Å². The van der Waals surface area contributed by atoms with Crippen LogP contribution in [0.3, 0.4) is 0 Å². The molecule has 0 atom stereocenters. The lowest BCUT2D eigenvalue weighted by Crippen LogP contribution is -2.12. The average molecular weight is 307 g/mol. The zero-order valence-electron chi connectivity index (χ0n) is 12.3. The summed E-state index contributed by atoms with van der Waals surface area (Å²) in [5.74, 6) is -1.17. The van der Waals surface area contributed by atoms with Crippen molar-refractivity contribution in [1.29, 1.82) is 0 Å². The maximum atomic E-state index is 13.7. The molecule has 3 rings (SSSR count). The van der Waals surface area contributed by atoms with E-state index in [0.717, 1.165) is 5.56 Å². The van der Waals surface area contributed by atoms with Gasteiger partial charge in [0.2, 0.25) is 0 Å². The number of nitrogens with zero attached hydrogens (tertiary/aromatic N) is 1. The standard InChI is InChI=1S/C19H14FNO2/c20-17-9-5-4-8-16(17)19(23)21-11-10-15(13-21)18(22)12-14-6-2-1-3-7-14/h1-11,13H,12H2. The van der Waals surface area contributed by atoms with E-state index in [2.05, 4.69) is 0 Å². The number of aromatic nitrogens is 1. The van der Waals surface area contributed by atoms with E-state index in [4.69, 9.17) is 0 Å². The highest BCUT2D eigenvalue weighted by atomic mass is 19.1. The number of benzene rings is 2. The van der Waals surface area contributed by atoms with Gasteiger partial charge in [-0.2, -0.15) is 0 Å². The van der Waals surface area contributed by atoms with E-state index in [0.29, 0.717) is 5.56 Å². The van der Waals surface area contributed by atoms with Crippen LogP contribution < -0.4 is 0 Å². The van der Waals surface area contributed by atoms with Gasteiger partial charge in [0.25, 0.3) is 5.91 Å². The van der Waals surface area contributed by atoms with Crippen molar-refractivity contribution >= 4 is 11.7 Å². The highest BCUT2D eigenvalue weighted by Crippen LogP contribution is 2.12. The summed E-state index contributed by atoms with van der Waals surface area (Å²) < 4.78 is 14.9. The number of Topliss-reactive ketones (excluding diaryl/α,β-unsaturated/α-hetero) is 1. The molecular weight excluding hydrogens is 293 g/mol. The van der Waals surface area contributed by atoms with Gasteiger partial charge in [0, 0.05) is 24.4 Å². The fourth-order valence-corrected chi connectivity index (χ4v) is 2.34. The summed E-state index contributed by atoms with van der Waals surface area (Å²) in [6, 6.07) is 16.7. The van der Waals surface area contributed by atoms with Crippen LogP contribution in [0.2, 0.25) is 0 Å². The van der Waals surface area contributed by atoms with Gasteiger partial charge in [0.1, 0.15) is 5.82 Å². The first-order valence-electron chi connectivity index (χ1n) is 7.19. The van der Waals surface area contributed by atoms with Gasteiger partial charge >= 0.3 is 0 Å². The number of hydrogen-bond acceptors (Lipinski definition) is 2. The highest BCUT2D eigenvalue weighted by Gasteiger charge is 2.15. The van der Waals surface area contributed by atoms with E-state index in [1.807, 2.05) is 30.3 Å². The van der Waals surface area contributed by atoms with E-state index >= 15 is 0 Å². The van der Waals surface area contributed by atoms with Gasteiger partial charge < -0.3 is 0 Å². The molecule has 0 aliphatic rings. The van der Waals surface area contributed by atoms with Crippen molar-refractivity contribution < 1.29 is 14.0 Å². The van der Waals surface area contributed by atoms with Crippen molar-refractivity contribution in [2.75, 3.05) is 0 Å². The van der Waals surface area contributed by atoms with Crippen LogP contribution in [-0.2, 0) is 6.42 Å². The minimum absolute atomic E-state index is 0.0230. The van der Waals surface area contributed by atoms with Crippen molar-refractivity contribution in [3.05, 3.63) is 95.6 Å². The van der Waals surface area contributed by atoms with Gasteiger partial charge in [-0.25, -0.2) is 4.39 Å². The Morgan fingerprint density at radius 1 is 0.913 bits per heavy atom. The Morgan fingerprint density at radius 3 is 2.35 bits per heavy atom. The van der Waals surface area contributed by atoms with Crippen molar-refractivity contribution in [3.8, 4) is 0 Å². The van der Waals surface area contributed by atoms with Crippen LogP contribution >= 0.6 is 0 Å². The van der Waals surface area contributed by atoms with Gasteiger partial charge in [0.05, 0.1) is 5.56 Å². The van der Waals surface area contributed by atoms with Crippen molar-refractivity contribution in [1.82, 2.24) is 4.57 Å². The number of rotatable bonds is 4. The molecule has 0 saturated heterocycles. The van der Waals surface area contributed by atoms with E-state index < -0.39 is 11.7 Å². The van der Waals surface area contributed by atoms with Crippen molar-refractivity contribution in [2.45, 2.75) is 6.42 Å². The Labute approximate surface area is 133 Å². The molecule has 2 aromatic carbocycles. The fourth-order valence-electron chi connectivity index (χ4n) is 2.34. The van der Waals surface area contributed by atoms with E-state index in [1.54, 1.807) is 12.1 Å². The van der Waals surface area contributed by atoms with Gasteiger partial charge in [-0.05, 0) is 23.8 Å². The summed E-state index contributed by atoms with van der Waals surface area (Å²) in [5, 5.41) is 0. The Hall–Kier alpha value is -3.01. The molecule has 0 fully saturated rings. The van der Waals surface area contributed by atoms with Crippen LogP contribution in [0.5, 0.6) is 0 Å². The lowest BCUT2D eigenvalue weighted by Gasteiger charge is -2.03. The Kier molecular flexibility index (Phi) is 4.15. The molecule has 0 unspecified atom stereocenters. The third-order valence-electron chi connectivity index (χ3n) is 3.56. The van der Waals surface area contributed by atoms with Crippen LogP contribution in [0.15, 0.2) is 73.1 Å². The first-order valence-corrected chi connectivity index (χ1v) is 7.19. The number of ketones is 1. The molecular formula is C19H14FNO2. The molecule has 0 amide bonds. The maximum absolute atomic E-state index is 13.7. The third kappa shape index (κ3) is 3.26. The smallest absolute Gasteiger partial charge is 0.264 e. The SMILES string of the molecule is O=C(Cc1ccccc1)c1ccn(C(=O)c2ccccc2F)c1. The lowest BCUT2D eigenvalue weighted by atomic mass is 10.1. The summed E-state index contributed by atoms with van der Waals surface area (Å²) in [5.41, 5.74) is 1.31. The molecule has 0 aliphatic heterocycles. The van der Waals surface area contributed by atoms with Crippen molar-refractivity contribution in [2.24, 2.45) is 0 Å². The maximum Gasteiger partial charge on any atom is 0.264 e. The molecule has 3 nitrogen and oxygen atoms in total. The second-order valence-corrected chi connectivity index (χ2v) is 5.18. The summed E-state index contributed by atoms with van der Waals surface area (Å²) in [6.07, 6.45) is 3.19.